The molecule has 2 aliphatic heterocycles. The third kappa shape index (κ3) is 4.69. The lowest BCUT2D eigenvalue weighted by molar-refractivity contribution is -0.136. The van der Waals surface area contributed by atoms with Crippen molar-refractivity contribution in [2.24, 2.45) is 0 Å². The highest BCUT2D eigenvalue weighted by atomic mass is 35.5. The zero-order chi connectivity index (χ0) is 15.4. The van der Waals surface area contributed by atoms with Gasteiger partial charge in [-0.15, -0.1) is 12.4 Å². The Morgan fingerprint density at radius 3 is 2.78 bits per heavy atom. The quantitative estimate of drug-likeness (QED) is 0.921. The summed E-state index contributed by atoms with van der Waals surface area (Å²) in [6.07, 6.45) is 3.93. The highest BCUT2D eigenvalue weighted by Gasteiger charge is 2.29. The third-order valence-electron chi connectivity index (χ3n) is 4.70. The Morgan fingerprint density at radius 2 is 2.09 bits per heavy atom. The van der Waals surface area contributed by atoms with Crippen molar-refractivity contribution in [3.63, 3.8) is 0 Å². The normalized spacial score (nSPS) is 24.8. The van der Waals surface area contributed by atoms with Crippen LogP contribution in [0, 0.1) is 6.92 Å². The number of hydrogen-bond acceptors (Lipinski definition) is 3. The van der Waals surface area contributed by atoms with E-state index in [9.17, 15) is 4.79 Å². The molecule has 3 rings (SSSR count). The molecule has 2 unspecified atom stereocenters. The first-order chi connectivity index (χ1) is 10.7. The number of hydrogen-bond donors (Lipinski definition) is 1. The molecule has 5 heteroatoms. The molecule has 2 atom stereocenters. The first kappa shape index (κ1) is 18.2. The minimum absolute atomic E-state index is 0. The Morgan fingerprint density at radius 1 is 1.30 bits per heavy atom. The summed E-state index contributed by atoms with van der Waals surface area (Å²) >= 11 is 0. The topological polar surface area (TPSA) is 41.6 Å². The molecule has 1 amide bonds. The fourth-order valence-corrected chi connectivity index (χ4v) is 3.44. The standard InChI is InChI=1S/C18H26N2O2.ClH/c1-14-5-7-15(8-6-14)17-4-2-3-10-20(17)18(21)12-16-13-22-11-9-19-16;/h5-8,16-17,19H,2-4,9-13H2,1H3;1H. The van der Waals surface area contributed by atoms with Gasteiger partial charge in [-0.2, -0.15) is 0 Å². The van der Waals surface area contributed by atoms with E-state index >= 15 is 0 Å². The van der Waals surface area contributed by atoms with Crippen LogP contribution in [0.25, 0.3) is 0 Å². The Labute approximate surface area is 145 Å². The molecule has 2 saturated heterocycles. The number of amides is 1. The zero-order valence-corrected chi connectivity index (χ0v) is 14.6. The second-order valence-electron chi connectivity index (χ2n) is 6.44. The van der Waals surface area contributed by atoms with Gasteiger partial charge < -0.3 is 15.0 Å². The minimum Gasteiger partial charge on any atom is -0.378 e. The number of piperidine rings is 1. The fourth-order valence-electron chi connectivity index (χ4n) is 3.44. The van der Waals surface area contributed by atoms with Crippen molar-refractivity contribution in [3.8, 4) is 0 Å². The van der Waals surface area contributed by atoms with Gasteiger partial charge in [-0.1, -0.05) is 29.8 Å². The molecular formula is C18H27ClN2O2. The number of nitrogens with zero attached hydrogens (tertiary/aromatic N) is 1. The third-order valence-corrected chi connectivity index (χ3v) is 4.70. The molecule has 0 aromatic heterocycles. The van der Waals surface area contributed by atoms with Gasteiger partial charge in [0.1, 0.15) is 0 Å². The van der Waals surface area contributed by atoms with Gasteiger partial charge in [0.2, 0.25) is 5.91 Å². The lowest BCUT2D eigenvalue weighted by Crippen LogP contribution is -2.46. The van der Waals surface area contributed by atoms with E-state index in [1.54, 1.807) is 0 Å². The number of morpholine rings is 1. The van der Waals surface area contributed by atoms with Crippen molar-refractivity contribution in [1.29, 1.82) is 0 Å². The van der Waals surface area contributed by atoms with Gasteiger partial charge >= 0.3 is 0 Å². The van der Waals surface area contributed by atoms with Crippen molar-refractivity contribution in [2.75, 3.05) is 26.3 Å². The fraction of sp³-hybridized carbons (Fsp3) is 0.611. The maximum atomic E-state index is 12.7. The number of nitrogens with one attached hydrogen (secondary N) is 1. The van der Waals surface area contributed by atoms with Crippen LogP contribution >= 0.6 is 12.4 Å². The van der Waals surface area contributed by atoms with E-state index in [0.29, 0.717) is 13.0 Å². The molecule has 1 aromatic carbocycles. The second kappa shape index (κ2) is 8.67. The first-order valence-electron chi connectivity index (χ1n) is 8.41. The van der Waals surface area contributed by atoms with Crippen LogP contribution in [0.1, 0.15) is 42.9 Å². The van der Waals surface area contributed by atoms with Gasteiger partial charge in [-0.25, -0.2) is 0 Å². The van der Waals surface area contributed by atoms with Crippen LogP contribution in [0.4, 0.5) is 0 Å². The predicted molar refractivity (Wildman–Crippen MR) is 94.0 cm³/mol. The Kier molecular flexibility index (Phi) is 6.88. The van der Waals surface area contributed by atoms with E-state index in [0.717, 1.165) is 32.5 Å². The number of halogens is 1. The van der Waals surface area contributed by atoms with Gasteiger partial charge in [0, 0.05) is 25.6 Å². The number of carbonyl (C=O) groups excluding carboxylic acids is 1. The predicted octanol–water partition coefficient (Wildman–Crippen LogP) is 2.85. The summed E-state index contributed by atoms with van der Waals surface area (Å²) in [5.74, 6) is 0.258. The van der Waals surface area contributed by atoms with E-state index in [1.807, 2.05) is 0 Å². The molecule has 128 valence electrons. The van der Waals surface area contributed by atoms with E-state index in [4.69, 9.17) is 4.74 Å². The number of benzene rings is 1. The highest BCUT2D eigenvalue weighted by Crippen LogP contribution is 2.31. The Bertz CT molecular complexity index is 500. The molecule has 1 aromatic rings. The molecule has 2 fully saturated rings. The summed E-state index contributed by atoms with van der Waals surface area (Å²) in [5, 5.41) is 3.38. The average molecular weight is 339 g/mol. The van der Waals surface area contributed by atoms with Crippen molar-refractivity contribution in [2.45, 2.75) is 44.7 Å². The molecule has 4 nitrogen and oxygen atoms in total. The van der Waals surface area contributed by atoms with Crippen LogP contribution in [-0.4, -0.2) is 43.2 Å². The molecule has 0 radical (unpaired) electrons. The van der Waals surface area contributed by atoms with Gasteiger partial charge in [0.25, 0.3) is 0 Å². The molecule has 2 heterocycles. The summed E-state index contributed by atoms with van der Waals surface area (Å²) in [5.41, 5.74) is 2.53. The smallest absolute Gasteiger partial charge is 0.224 e. The van der Waals surface area contributed by atoms with Gasteiger partial charge in [-0.05, 0) is 31.7 Å². The minimum atomic E-state index is 0. The number of aryl methyl sites for hydroxylation is 1. The summed E-state index contributed by atoms with van der Waals surface area (Å²) in [7, 11) is 0. The summed E-state index contributed by atoms with van der Waals surface area (Å²) < 4.78 is 5.46. The highest BCUT2D eigenvalue weighted by molar-refractivity contribution is 5.85. The van der Waals surface area contributed by atoms with Crippen molar-refractivity contribution < 1.29 is 9.53 Å². The molecule has 23 heavy (non-hydrogen) atoms. The second-order valence-corrected chi connectivity index (χ2v) is 6.44. The number of ether oxygens (including phenoxy) is 1. The molecule has 0 spiro atoms. The van der Waals surface area contributed by atoms with E-state index in [-0.39, 0.29) is 30.4 Å². The van der Waals surface area contributed by atoms with Crippen LogP contribution in [-0.2, 0) is 9.53 Å². The van der Waals surface area contributed by atoms with Gasteiger partial charge in [-0.3, -0.25) is 4.79 Å². The van der Waals surface area contributed by atoms with Crippen LogP contribution in [0.5, 0.6) is 0 Å². The monoisotopic (exact) mass is 338 g/mol. The lowest BCUT2D eigenvalue weighted by atomic mass is 9.94. The molecule has 0 bridgehead atoms. The Balaban J connectivity index is 0.00000192. The Hall–Kier alpha value is -1.10. The van der Waals surface area contributed by atoms with E-state index < -0.39 is 0 Å². The van der Waals surface area contributed by atoms with Gasteiger partial charge in [0.05, 0.1) is 19.3 Å². The summed E-state index contributed by atoms with van der Waals surface area (Å²) in [4.78, 5) is 14.8. The SMILES string of the molecule is Cc1ccc(C2CCCCN2C(=O)CC2COCCN2)cc1.Cl. The summed E-state index contributed by atoms with van der Waals surface area (Å²) in [6.45, 7) is 5.22. The van der Waals surface area contributed by atoms with Crippen LogP contribution in [0.15, 0.2) is 24.3 Å². The zero-order valence-electron chi connectivity index (χ0n) is 13.8. The first-order valence-corrected chi connectivity index (χ1v) is 8.41. The number of carbonyl (C=O) groups is 1. The molecule has 2 aliphatic rings. The van der Waals surface area contributed by atoms with E-state index in [1.165, 1.54) is 17.5 Å². The maximum absolute atomic E-state index is 12.7. The van der Waals surface area contributed by atoms with Crippen molar-refractivity contribution in [3.05, 3.63) is 35.4 Å². The molecule has 0 aliphatic carbocycles. The van der Waals surface area contributed by atoms with E-state index in [2.05, 4.69) is 41.4 Å². The molecule has 0 saturated carbocycles. The van der Waals surface area contributed by atoms with Crippen LogP contribution in [0.3, 0.4) is 0 Å². The van der Waals surface area contributed by atoms with Crippen molar-refractivity contribution >= 4 is 18.3 Å². The largest absolute Gasteiger partial charge is 0.378 e. The van der Waals surface area contributed by atoms with Crippen molar-refractivity contribution in [1.82, 2.24) is 10.2 Å². The maximum Gasteiger partial charge on any atom is 0.224 e. The average Bonchev–Trinajstić information content (AvgIpc) is 2.56. The van der Waals surface area contributed by atoms with Crippen LogP contribution < -0.4 is 5.32 Å². The summed E-state index contributed by atoms with van der Waals surface area (Å²) in [6, 6.07) is 9.04. The molecule has 1 N–H and O–H groups in total. The number of likely N-dealkylation sites (tertiary alicyclic amines) is 1. The van der Waals surface area contributed by atoms with Crippen LogP contribution in [0.2, 0.25) is 0 Å². The number of rotatable bonds is 3. The lowest BCUT2D eigenvalue weighted by Gasteiger charge is -2.37. The molecular weight excluding hydrogens is 312 g/mol. The van der Waals surface area contributed by atoms with Gasteiger partial charge in [0.15, 0.2) is 0 Å².